The molecule has 3 rings (SSSR count). The molecular weight excluding hydrogens is 342 g/mol. The van der Waals surface area contributed by atoms with E-state index in [2.05, 4.69) is 64.5 Å². The van der Waals surface area contributed by atoms with Crippen LogP contribution in [0.25, 0.3) is 0 Å². The van der Waals surface area contributed by atoms with Gasteiger partial charge in [-0.25, -0.2) is 0 Å². The van der Waals surface area contributed by atoms with Gasteiger partial charge in [0.2, 0.25) is 0 Å². The number of fused-ring (bicyclic) bond motifs is 1. The van der Waals surface area contributed by atoms with Crippen molar-refractivity contribution in [3.8, 4) is 0 Å². The summed E-state index contributed by atoms with van der Waals surface area (Å²) >= 11 is 5.58. The Morgan fingerprint density at radius 1 is 1.19 bits per heavy atom. The van der Waals surface area contributed by atoms with Crippen LogP contribution >= 0.6 is 27.7 Å². The molecule has 0 spiro atoms. The van der Waals surface area contributed by atoms with E-state index in [0.29, 0.717) is 11.2 Å². The molecule has 0 aromatic heterocycles. The van der Waals surface area contributed by atoms with Gasteiger partial charge in [0.05, 0.1) is 0 Å². The normalized spacial score (nSPS) is 18.5. The summed E-state index contributed by atoms with van der Waals surface area (Å²) in [5.74, 6) is 0.561. The second-order valence-corrected chi connectivity index (χ2v) is 7.98. The van der Waals surface area contributed by atoms with Crippen LogP contribution in [0.3, 0.4) is 0 Å². The van der Waals surface area contributed by atoms with Crippen molar-refractivity contribution < 1.29 is 0 Å². The number of thioether (sulfide) groups is 1. The van der Waals surface area contributed by atoms with Gasteiger partial charge in [-0.1, -0.05) is 46.3 Å². The average molecular weight is 362 g/mol. The van der Waals surface area contributed by atoms with E-state index in [9.17, 15) is 0 Å². The molecule has 0 bridgehead atoms. The minimum atomic E-state index is 0.561. The summed E-state index contributed by atoms with van der Waals surface area (Å²) in [5.41, 5.74) is 8.90. The van der Waals surface area contributed by atoms with Gasteiger partial charge < -0.3 is 5.73 Å². The first-order valence-electron chi connectivity index (χ1n) is 7.43. The fourth-order valence-corrected chi connectivity index (χ4v) is 4.91. The lowest BCUT2D eigenvalue weighted by Gasteiger charge is -2.18. The third-order valence-electron chi connectivity index (χ3n) is 4.06. The number of benzene rings is 2. The number of halogens is 1. The smallest absolute Gasteiger partial charge is 0.0177 e. The van der Waals surface area contributed by atoms with Gasteiger partial charge in [-0.05, 0) is 61.1 Å². The van der Waals surface area contributed by atoms with Crippen LogP contribution in [0.5, 0.6) is 0 Å². The molecule has 2 aromatic carbocycles. The van der Waals surface area contributed by atoms with Crippen molar-refractivity contribution in [2.24, 2.45) is 11.7 Å². The minimum Gasteiger partial charge on any atom is -0.330 e. The van der Waals surface area contributed by atoms with Gasteiger partial charge >= 0.3 is 0 Å². The molecule has 0 fully saturated rings. The Morgan fingerprint density at radius 2 is 2.05 bits per heavy atom. The van der Waals surface area contributed by atoms with E-state index in [0.717, 1.165) is 17.4 Å². The highest BCUT2D eigenvalue weighted by atomic mass is 79.9. The quantitative estimate of drug-likeness (QED) is 0.836. The molecule has 3 heteroatoms. The maximum atomic E-state index is 6.02. The summed E-state index contributed by atoms with van der Waals surface area (Å²) in [6.45, 7) is 0.764. The summed E-state index contributed by atoms with van der Waals surface area (Å²) in [7, 11) is 0. The highest BCUT2D eigenvalue weighted by Crippen LogP contribution is 2.39. The second kappa shape index (κ2) is 6.99. The molecule has 1 heterocycles. The molecule has 2 aromatic rings. The Bertz CT molecular complexity index is 589. The third kappa shape index (κ3) is 3.91. The number of hydrogen-bond donors (Lipinski definition) is 1. The van der Waals surface area contributed by atoms with E-state index >= 15 is 0 Å². The van der Waals surface area contributed by atoms with E-state index in [1.54, 1.807) is 0 Å². The summed E-state index contributed by atoms with van der Waals surface area (Å²) in [6.07, 6.45) is 3.46. The standard InChI is InChI=1S/C18H20BrNS/c19-16-6-3-4-13(9-16)8-14(12-20)10-17-11-15-5-1-2-7-18(15)21-17/h1-7,9,14,17H,8,10-12,20H2. The molecule has 2 N–H and O–H groups in total. The fraction of sp³-hybridized carbons (Fsp3) is 0.333. The Kier molecular flexibility index (Phi) is 5.04. The summed E-state index contributed by atoms with van der Waals surface area (Å²) in [5, 5.41) is 0.683. The zero-order chi connectivity index (χ0) is 14.7. The molecular formula is C18H20BrNS. The van der Waals surface area contributed by atoms with Crippen LogP contribution in [-0.4, -0.2) is 11.8 Å². The number of nitrogens with two attached hydrogens (primary N) is 1. The number of rotatable bonds is 5. The van der Waals surface area contributed by atoms with Crippen molar-refractivity contribution in [3.63, 3.8) is 0 Å². The SMILES string of the molecule is NCC(Cc1cccc(Br)c1)CC1Cc2ccccc2S1. The highest BCUT2D eigenvalue weighted by Gasteiger charge is 2.24. The summed E-state index contributed by atoms with van der Waals surface area (Å²) < 4.78 is 1.15. The maximum Gasteiger partial charge on any atom is 0.0177 e. The van der Waals surface area contributed by atoms with Crippen molar-refractivity contribution in [3.05, 3.63) is 64.1 Å². The van der Waals surface area contributed by atoms with Gasteiger partial charge in [0.15, 0.2) is 0 Å². The topological polar surface area (TPSA) is 26.0 Å². The lowest BCUT2D eigenvalue weighted by molar-refractivity contribution is 0.485. The molecule has 2 unspecified atom stereocenters. The monoisotopic (exact) mass is 361 g/mol. The molecule has 0 amide bonds. The third-order valence-corrected chi connectivity index (χ3v) is 5.89. The number of hydrogen-bond acceptors (Lipinski definition) is 2. The molecule has 1 aliphatic rings. The van der Waals surface area contributed by atoms with E-state index in [4.69, 9.17) is 5.73 Å². The van der Waals surface area contributed by atoms with Crippen LogP contribution in [0.15, 0.2) is 57.9 Å². The Labute approximate surface area is 139 Å². The molecule has 0 radical (unpaired) electrons. The Balaban J connectivity index is 1.61. The zero-order valence-electron chi connectivity index (χ0n) is 12.0. The van der Waals surface area contributed by atoms with Gasteiger partial charge in [0.25, 0.3) is 0 Å². The van der Waals surface area contributed by atoms with E-state index < -0.39 is 0 Å². The van der Waals surface area contributed by atoms with Gasteiger partial charge in [0, 0.05) is 14.6 Å². The van der Waals surface area contributed by atoms with Crippen LogP contribution in [0, 0.1) is 5.92 Å². The van der Waals surface area contributed by atoms with E-state index in [1.807, 2.05) is 11.8 Å². The Morgan fingerprint density at radius 3 is 2.81 bits per heavy atom. The second-order valence-electron chi connectivity index (χ2n) is 5.72. The largest absolute Gasteiger partial charge is 0.330 e. The molecule has 0 saturated carbocycles. The molecule has 0 aliphatic carbocycles. The first kappa shape index (κ1) is 15.1. The van der Waals surface area contributed by atoms with E-state index in [-0.39, 0.29) is 0 Å². The predicted molar refractivity (Wildman–Crippen MR) is 94.8 cm³/mol. The first-order chi connectivity index (χ1) is 10.2. The van der Waals surface area contributed by atoms with Crippen molar-refractivity contribution >= 4 is 27.7 Å². The van der Waals surface area contributed by atoms with Crippen LogP contribution in [0.4, 0.5) is 0 Å². The molecule has 110 valence electrons. The van der Waals surface area contributed by atoms with Crippen molar-refractivity contribution in [2.75, 3.05) is 6.54 Å². The first-order valence-corrected chi connectivity index (χ1v) is 9.11. The van der Waals surface area contributed by atoms with Gasteiger partial charge in [-0.2, -0.15) is 0 Å². The van der Waals surface area contributed by atoms with Crippen LogP contribution in [0.2, 0.25) is 0 Å². The Hall–Kier alpha value is -0.770. The average Bonchev–Trinajstić information content (AvgIpc) is 2.89. The minimum absolute atomic E-state index is 0.561. The van der Waals surface area contributed by atoms with E-state index in [1.165, 1.54) is 28.9 Å². The molecule has 1 aliphatic heterocycles. The lowest BCUT2D eigenvalue weighted by atomic mass is 9.93. The zero-order valence-corrected chi connectivity index (χ0v) is 14.4. The summed E-state index contributed by atoms with van der Waals surface area (Å²) in [6, 6.07) is 17.4. The van der Waals surface area contributed by atoms with Gasteiger partial charge in [0.1, 0.15) is 0 Å². The molecule has 21 heavy (non-hydrogen) atoms. The van der Waals surface area contributed by atoms with Gasteiger partial charge in [-0.3, -0.25) is 0 Å². The van der Waals surface area contributed by atoms with Gasteiger partial charge in [-0.15, -0.1) is 11.8 Å². The van der Waals surface area contributed by atoms with Crippen molar-refractivity contribution in [1.29, 1.82) is 0 Å². The van der Waals surface area contributed by atoms with Crippen molar-refractivity contribution in [1.82, 2.24) is 0 Å². The van der Waals surface area contributed by atoms with Crippen molar-refractivity contribution in [2.45, 2.75) is 29.4 Å². The maximum absolute atomic E-state index is 6.02. The lowest BCUT2D eigenvalue weighted by Crippen LogP contribution is -2.21. The van der Waals surface area contributed by atoms with Crippen LogP contribution < -0.4 is 5.73 Å². The highest BCUT2D eigenvalue weighted by molar-refractivity contribution is 9.10. The molecule has 2 atom stereocenters. The predicted octanol–water partition coefficient (Wildman–Crippen LogP) is 4.67. The molecule has 0 saturated heterocycles. The molecule has 1 nitrogen and oxygen atoms in total. The summed E-state index contributed by atoms with van der Waals surface area (Å²) in [4.78, 5) is 1.46. The fourth-order valence-electron chi connectivity index (χ4n) is 3.02. The van der Waals surface area contributed by atoms with Crippen LogP contribution in [-0.2, 0) is 12.8 Å². The van der Waals surface area contributed by atoms with Crippen LogP contribution in [0.1, 0.15) is 17.5 Å².